The van der Waals surface area contributed by atoms with Gasteiger partial charge in [-0.3, -0.25) is 4.79 Å². The first-order valence-electron chi connectivity index (χ1n) is 14.3. The molecule has 0 aliphatic rings. The molecule has 17 heteroatoms. The smallest absolute Gasteiger partial charge is 0.408 e. The SMILES string of the molecule is COC(=O)c1nc(-c2nc(CNC(=O)c3nc(-c4nc(-c5nc(CNC(=O)OC(C)(C)C)oc5C)oc4C)oc3C)oc2C)oc1C. The fourth-order valence-corrected chi connectivity index (χ4v) is 4.34. The molecule has 0 aliphatic carbocycles. The fourth-order valence-electron chi connectivity index (χ4n) is 4.34. The number of hydrogen-bond donors (Lipinski definition) is 2. The van der Waals surface area contributed by atoms with E-state index in [1.165, 1.54) is 7.11 Å². The molecule has 0 spiro atoms. The van der Waals surface area contributed by atoms with Crippen LogP contribution in [0.1, 0.15) is 82.3 Å². The summed E-state index contributed by atoms with van der Waals surface area (Å²) in [6.45, 7) is 13.3. The van der Waals surface area contributed by atoms with Crippen LogP contribution in [-0.4, -0.2) is 55.6 Å². The van der Waals surface area contributed by atoms with Crippen LogP contribution in [0.15, 0.2) is 22.1 Å². The summed E-state index contributed by atoms with van der Waals surface area (Å²) in [6.07, 6.45) is -0.611. The van der Waals surface area contributed by atoms with Crippen LogP contribution < -0.4 is 10.6 Å². The maximum absolute atomic E-state index is 13.1. The lowest BCUT2D eigenvalue weighted by Crippen LogP contribution is -2.32. The van der Waals surface area contributed by atoms with Crippen molar-refractivity contribution in [3.05, 3.63) is 52.0 Å². The van der Waals surface area contributed by atoms with E-state index in [0.717, 1.165) is 0 Å². The van der Waals surface area contributed by atoms with Crippen LogP contribution >= 0.6 is 0 Å². The van der Waals surface area contributed by atoms with E-state index in [9.17, 15) is 14.4 Å². The van der Waals surface area contributed by atoms with E-state index >= 15 is 0 Å². The van der Waals surface area contributed by atoms with Gasteiger partial charge >= 0.3 is 12.1 Å². The van der Waals surface area contributed by atoms with Crippen molar-refractivity contribution in [1.29, 1.82) is 0 Å². The third-order valence-corrected chi connectivity index (χ3v) is 6.46. The topological polar surface area (TPSA) is 224 Å². The highest BCUT2D eigenvalue weighted by atomic mass is 16.6. The molecule has 5 aromatic heterocycles. The van der Waals surface area contributed by atoms with Crippen molar-refractivity contribution in [1.82, 2.24) is 35.6 Å². The Bertz CT molecular complexity index is 1970. The van der Waals surface area contributed by atoms with Crippen LogP contribution in [0.5, 0.6) is 0 Å². The summed E-state index contributed by atoms with van der Waals surface area (Å²) in [5.74, 6) is 1.14. The zero-order valence-corrected chi connectivity index (χ0v) is 27.2. The number of aryl methyl sites for hydroxylation is 5. The number of nitrogens with one attached hydrogen (secondary N) is 2. The van der Waals surface area contributed by atoms with Crippen molar-refractivity contribution in [2.24, 2.45) is 0 Å². The molecule has 0 saturated carbocycles. The summed E-state index contributed by atoms with van der Waals surface area (Å²) in [6, 6.07) is 0. The van der Waals surface area contributed by atoms with Crippen LogP contribution in [0, 0.1) is 34.6 Å². The fraction of sp³-hybridized carbons (Fsp3) is 0.400. The Balaban J connectivity index is 1.26. The van der Waals surface area contributed by atoms with Gasteiger partial charge in [-0.2, -0.15) is 0 Å². The van der Waals surface area contributed by atoms with Crippen molar-refractivity contribution in [3.8, 4) is 34.8 Å². The zero-order chi connectivity index (χ0) is 34.2. The molecule has 2 amide bonds. The van der Waals surface area contributed by atoms with Crippen molar-refractivity contribution in [2.75, 3.05) is 7.11 Å². The van der Waals surface area contributed by atoms with Gasteiger partial charge in [0.25, 0.3) is 5.91 Å². The van der Waals surface area contributed by atoms with Gasteiger partial charge in [-0.05, 0) is 55.4 Å². The second-order valence-electron chi connectivity index (χ2n) is 11.3. The van der Waals surface area contributed by atoms with E-state index in [-0.39, 0.29) is 76.8 Å². The highest BCUT2D eigenvalue weighted by Crippen LogP contribution is 2.31. The van der Waals surface area contributed by atoms with Gasteiger partial charge in [-0.1, -0.05) is 0 Å². The zero-order valence-electron chi connectivity index (χ0n) is 27.2. The molecule has 0 fully saturated rings. The van der Waals surface area contributed by atoms with Gasteiger partial charge in [0, 0.05) is 0 Å². The molecule has 0 atom stereocenters. The third-order valence-electron chi connectivity index (χ3n) is 6.46. The molecule has 5 heterocycles. The van der Waals surface area contributed by atoms with E-state index < -0.39 is 23.6 Å². The Labute approximate surface area is 267 Å². The first-order chi connectivity index (χ1) is 22.1. The molecule has 0 saturated heterocycles. The number of oxazole rings is 5. The lowest BCUT2D eigenvalue weighted by molar-refractivity contribution is 0.0517. The normalized spacial score (nSPS) is 11.5. The molecule has 2 N–H and O–H groups in total. The van der Waals surface area contributed by atoms with Gasteiger partial charge in [0.15, 0.2) is 28.5 Å². The molecule has 0 bridgehead atoms. The Morgan fingerprint density at radius 3 is 1.62 bits per heavy atom. The molecular formula is C30H33N7O10. The first kappa shape index (κ1) is 32.6. The molecule has 17 nitrogen and oxygen atoms in total. The number of methoxy groups -OCH3 is 1. The van der Waals surface area contributed by atoms with Gasteiger partial charge in [0.1, 0.15) is 34.4 Å². The standard InChI is InChI=1S/C30H33N7O10/c1-12-19(24(38)31-10-17-33-21(14(3)42-17)26-37-23(16(5)46-26)28(39)41-9)35-27(44-12)22-15(4)45-25(36-22)20-13(2)43-18(34-20)11-32-29(40)47-30(6,7)8/h10-11H2,1-9H3,(H,31,38)(H,32,40). The number of hydrogen-bond acceptors (Lipinski definition) is 15. The van der Waals surface area contributed by atoms with E-state index in [1.54, 1.807) is 55.4 Å². The Kier molecular flexibility index (Phi) is 8.73. The highest BCUT2D eigenvalue weighted by molar-refractivity contribution is 5.93. The van der Waals surface area contributed by atoms with Gasteiger partial charge in [0.2, 0.25) is 29.5 Å². The van der Waals surface area contributed by atoms with Crippen LogP contribution in [0.2, 0.25) is 0 Å². The van der Waals surface area contributed by atoms with Crippen LogP contribution in [0.4, 0.5) is 4.79 Å². The monoisotopic (exact) mass is 651 g/mol. The van der Waals surface area contributed by atoms with Crippen LogP contribution in [-0.2, 0) is 22.6 Å². The Hall–Kier alpha value is -5.74. The molecular weight excluding hydrogens is 618 g/mol. The molecule has 0 unspecified atom stereocenters. The number of carbonyl (C=O) groups excluding carboxylic acids is 3. The minimum Gasteiger partial charge on any atom is -0.464 e. The summed E-state index contributed by atoms with van der Waals surface area (Å²) in [5.41, 5.74) is 0.261. The average Bonchev–Trinajstić information content (AvgIpc) is 3.81. The first-order valence-corrected chi connectivity index (χ1v) is 14.3. The van der Waals surface area contributed by atoms with Crippen LogP contribution in [0.3, 0.4) is 0 Å². The molecule has 248 valence electrons. The molecule has 0 radical (unpaired) electrons. The van der Waals surface area contributed by atoms with E-state index in [1.807, 2.05) is 0 Å². The summed E-state index contributed by atoms with van der Waals surface area (Å²) in [5, 5.41) is 5.28. The summed E-state index contributed by atoms with van der Waals surface area (Å²) in [4.78, 5) is 58.7. The van der Waals surface area contributed by atoms with E-state index in [4.69, 9.17) is 31.6 Å². The molecule has 0 aliphatic heterocycles. The number of amides is 2. The largest absolute Gasteiger partial charge is 0.464 e. The second-order valence-corrected chi connectivity index (χ2v) is 11.3. The summed E-state index contributed by atoms with van der Waals surface area (Å²) in [7, 11) is 1.24. The van der Waals surface area contributed by atoms with E-state index in [2.05, 4.69) is 35.6 Å². The number of carbonyl (C=O) groups is 3. The van der Waals surface area contributed by atoms with Gasteiger partial charge in [-0.15, -0.1) is 0 Å². The predicted molar refractivity (Wildman–Crippen MR) is 159 cm³/mol. The molecule has 5 aromatic rings. The number of aromatic nitrogens is 5. The predicted octanol–water partition coefficient (Wildman–Crippen LogP) is 4.91. The van der Waals surface area contributed by atoms with Gasteiger partial charge in [0.05, 0.1) is 20.2 Å². The van der Waals surface area contributed by atoms with Crippen molar-refractivity contribution in [3.63, 3.8) is 0 Å². The molecule has 0 aromatic carbocycles. The molecule has 5 rings (SSSR count). The Morgan fingerprint density at radius 2 is 1.06 bits per heavy atom. The number of ether oxygens (including phenoxy) is 2. The maximum atomic E-state index is 13.1. The number of esters is 1. The third kappa shape index (κ3) is 7.08. The molecule has 47 heavy (non-hydrogen) atoms. The summed E-state index contributed by atoms with van der Waals surface area (Å²) < 4.78 is 38.4. The number of alkyl carbamates (subject to hydrolysis) is 1. The summed E-state index contributed by atoms with van der Waals surface area (Å²) >= 11 is 0. The van der Waals surface area contributed by atoms with Gasteiger partial charge < -0.3 is 42.2 Å². The van der Waals surface area contributed by atoms with Crippen molar-refractivity contribution >= 4 is 18.0 Å². The highest BCUT2D eigenvalue weighted by Gasteiger charge is 2.27. The number of nitrogens with zero attached hydrogens (tertiary/aromatic N) is 5. The van der Waals surface area contributed by atoms with Gasteiger partial charge in [-0.25, -0.2) is 34.5 Å². The van der Waals surface area contributed by atoms with E-state index in [0.29, 0.717) is 23.0 Å². The van der Waals surface area contributed by atoms with Crippen molar-refractivity contribution < 1.29 is 45.9 Å². The lowest BCUT2D eigenvalue weighted by Gasteiger charge is -2.19. The minimum absolute atomic E-state index is 0.0101. The lowest BCUT2D eigenvalue weighted by atomic mass is 10.2. The quantitative estimate of drug-likeness (QED) is 0.202. The van der Waals surface area contributed by atoms with Crippen LogP contribution in [0.25, 0.3) is 34.8 Å². The van der Waals surface area contributed by atoms with Crippen molar-refractivity contribution in [2.45, 2.75) is 74.1 Å². The Morgan fingerprint density at radius 1 is 0.617 bits per heavy atom. The second kappa shape index (κ2) is 12.6. The maximum Gasteiger partial charge on any atom is 0.408 e. The number of rotatable bonds is 9. The minimum atomic E-state index is -0.649. The average molecular weight is 652 g/mol.